The van der Waals surface area contributed by atoms with Gasteiger partial charge < -0.3 is 14.2 Å². The Hall–Kier alpha value is -4.16. The standard InChI is InChI=1S/C36H38F8O5/c1-3-47-32(46)7-5-4-6-18-48-30-14-8-24(9-15-30)22-35(25-10-12-27(37)13-11-25,23-29(45)16-17-34(2,41)42)26-19-28(38)21-31(20-26)49-36(43,44)33(39)40/h8-15,19-21,33H,3-7,16-18,22-23H2,1-2H3/t35-/m1/s1. The predicted octanol–water partition coefficient (Wildman–Crippen LogP) is 9.63. The minimum absolute atomic E-state index is 0.158. The van der Waals surface area contributed by atoms with E-state index in [1.807, 2.05) is 0 Å². The largest absolute Gasteiger partial charge is 0.494 e. The van der Waals surface area contributed by atoms with Crippen molar-refractivity contribution < 1.29 is 58.9 Å². The van der Waals surface area contributed by atoms with Gasteiger partial charge in [-0.15, -0.1) is 0 Å². The molecule has 268 valence electrons. The number of esters is 1. The molecule has 0 fully saturated rings. The third-order valence-electron chi connectivity index (χ3n) is 7.70. The second-order valence-corrected chi connectivity index (χ2v) is 11.8. The highest BCUT2D eigenvalue weighted by molar-refractivity contribution is 5.81. The van der Waals surface area contributed by atoms with E-state index in [9.17, 15) is 40.3 Å². The SMILES string of the molecule is CCOC(=O)CCCCCOc1ccc(C[C@@](CC(=O)CCC(C)(F)F)(c2ccc(F)cc2)c2cc(F)cc(OC(F)(F)C(F)F)c2)cc1. The van der Waals surface area contributed by atoms with E-state index < -0.39 is 66.3 Å². The number of benzene rings is 3. The average Bonchev–Trinajstić information content (AvgIpc) is 3.01. The van der Waals surface area contributed by atoms with Crippen molar-refractivity contribution in [2.45, 2.75) is 89.1 Å². The zero-order valence-corrected chi connectivity index (χ0v) is 27.1. The van der Waals surface area contributed by atoms with Gasteiger partial charge in [0, 0.05) is 37.2 Å². The molecular formula is C36H38F8O5. The number of halogens is 8. The van der Waals surface area contributed by atoms with Crippen LogP contribution in [0.15, 0.2) is 66.7 Å². The molecule has 0 N–H and O–H groups in total. The summed E-state index contributed by atoms with van der Waals surface area (Å²) in [6.07, 6.45) is -9.04. The molecule has 0 radical (unpaired) electrons. The molecule has 3 rings (SSSR count). The molecule has 0 aliphatic heterocycles. The van der Waals surface area contributed by atoms with Gasteiger partial charge >= 0.3 is 18.5 Å². The van der Waals surface area contributed by atoms with Crippen LogP contribution in [0.5, 0.6) is 11.5 Å². The number of unbranched alkanes of at least 4 members (excludes halogenated alkanes) is 2. The van der Waals surface area contributed by atoms with Gasteiger partial charge in [0.15, 0.2) is 0 Å². The Morgan fingerprint density at radius 3 is 2.06 bits per heavy atom. The number of carbonyl (C=O) groups excluding carboxylic acids is 2. The molecule has 0 bridgehead atoms. The predicted molar refractivity (Wildman–Crippen MR) is 165 cm³/mol. The van der Waals surface area contributed by atoms with Gasteiger partial charge in [0.25, 0.3) is 0 Å². The lowest BCUT2D eigenvalue weighted by atomic mass is 9.67. The van der Waals surface area contributed by atoms with Crippen LogP contribution >= 0.6 is 0 Å². The maximum absolute atomic E-state index is 15.0. The number of ether oxygens (including phenoxy) is 3. The molecule has 0 saturated carbocycles. The van der Waals surface area contributed by atoms with Crippen LogP contribution in [-0.4, -0.2) is 43.4 Å². The summed E-state index contributed by atoms with van der Waals surface area (Å²) in [5.41, 5.74) is -1.15. The third kappa shape index (κ3) is 12.3. The monoisotopic (exact) mass is 702 g/mol. The zero-order chi connectivity index (χ0) is 36.2. The first-order valence-electron chi connectivity index (χ1n) is 15.7. The van der Waals surface area contributed by atoms with E-state index in [2.05, 4.69) is 4.74 Å². The molecule has 0 aliphatic carbocycles. The summed E-state index contributed by atoms with van der Waals surface area (Å²) >= 11 is 0. The van der Waals surface area contributed by atoms with Crippen molar-refractivity contribution in [1.29, 1.82) is 0 Å². The van der Waals surface area contributed by atoms with Crippen molar-refractivity contribution in [3.05, 3.63) is 95.1 Å². The first-order valence-corrected chi connectivity index (χ1v) is 15.7. The molecule has 0 heterocycles. The number of hydrogen-bond donors (Lipinski definition) is 0. The fraction of sp³-hybridized carbons (Fsp3) is 0.444. The van der Waals surface area contributed by atoms with Crippen LogP contribution in [0.25, 0.3) is 0 Å². The van der Waals surface area contributed by atoms with Crippen molar-refractivity contribution in [2.75, 3.05) is 13.2 Å². The van der Waals surface area contributed by atoms with E-state index in [1.165, 1.54) is 12.1 Å². The van der Waals surface area contributed by atoms with Gasteiger partial charge in [-0.05, 0) is 92.6 Å². The van der Waals surface area contributed by atoms with Crippen molar-refractivity contribution in [2.24, 2.45) is 0 Å². The Labute approximate surface area is 279 Å². The molecule has 0 unspecified atom stereocenters. The second kappa shape index (κ2) is 17.5. The summed E-state index contributed by atoms with van der Waals surface area (Å²) < 4.78 is 125. The van der Waals surface area contributed by atoms with Crippen LogP contribution in [-0.2, 0) is 26.2 Å². The van der Waals surface area contributed by atoms with Crippen LogP contribution in [0.4, 0.5) is 35.1 Å². The summed E-state index contributed by atoms with van der Waals surface area (Å²) in [6.45, 7) is 3.02. The Morgan fingerprint density at radius 2 is 1.45 bits per heavy atom. The quantitative estimate of drug-likeness (QED) is 0.0667. The van der Waals surface area contributed by atoms with E-state index in [4.69, 9.17) is 9.47 Å². The molecule has 0 saturated heterocycles. The number of hydrogen-bond acceptors (Lipinski definition) is 5. The number of rotatable bonds is 20. The average molecular weight is 703 g/mol. The van der Waals surface area contributed by atoms with Crippen LogP contribution in [0, 0.1) is 11.6 Å². The minimum Gasteiger partial charge on any atom is -0.494 e. The second-order valence-electron chi connectivity index (χ2n) is 11.8. The molecule has 0 amide bonds. The smallest absolute Gasteiger partial charge is 0.461 e. The van der Waals surface area contributed by atoms with E-state index in [0.717, 1.165) is 30.7 Å². The van der Waals surface area contributed by atoms with Crippen molar-refractivity contribution in [3.8, 4) is 11.5 Å². The highest BCUT2D eigenvalue weighted by atomic mass is 19.3. The highest BCUT2D eigenvalue weighted by Gasteiger charge is 2.45. The molecule has 0 spiro atoms. The van der Waals surface area contributed by atoms with Gasteiger partial charge in [-0.25, -0.2) is 17.6 Å². The van der Waals surface area contributed by atoms with Crippen molar-refractivity contribution in [1.82, 2.24) is 0 Å². The number of carbonyl (C=O) groups is 2. The zero-order valence-electron chi connectivity index (χ0n) is 27.1. The lowest BCUT2D eigenvalue weighted by Gasteiger charge is -2.36. The molecule has 3 aromatic rings. The minimum atomic E-state index is -4.98. The van der Waals surface area contributed by atoms with Crippen molar-refractivity contribution in [3.63, 3.8) is 0 Å². The Kier molecular flexibility index (Phi) is 14.0. The van der Waals surface area contributed by atoms with E-state index in [1.54, 1.807) is 31.2 Å². The Bertz CT molecular complexity index is 1510. The maximum atomic E-state index is 15.0. The topological polar surface area (TPSA) is 61.8 Å². The van der Waals surface area contributed by atoms with Gasteiger partial charge in [0.1, 0.15) is 28.9 Å². The van der Waals surface area contributed by atoms with Gasteiger partial charge in [-0.3, -0.25) is 9.59 Å². The van der Waals surface area contributed by atoms with E-state index in [-0.39, 0.29) is 23.5 Å². The first kappa shape index (κ1) is 39.3. The maximum Gasteiger partial charge on any atom is 0.461 e. The Morgan fingerprint density at radius 1 is 0.776 bits per heavy atom. The molecule has 3 aromatic carbocycles. The fourth-order valence-electron chi connectivity index (χ4n) is 5.31. The summed E-state index contributed by atoms with van der Waals surface area (Å²) in [4.78, 5) is 24.8. The summed E-state index contributed by atoms with van der Waals surface area (Å²) in [5, 5.41) is 0. The normalized spacial score (nSPS) is 13.2. The molecule has 13 heteroatoms. The number of Topliss-reactive ketones (excluding diaryl/α,β-unsaturated/α-hetero) is 1. The molecule has 5 nitrogen and oxygen atoms in total. The Balaban J connectivity index is 1.98. The lowest BCUT2D eigenvalue weighted by Crippen LogP contribution is -2.35. The van der Waals surface area contributed by atoms with E-state index >= 15 is 4.39 Å². The highest BCUT2D eigenvalue weighted by Crippen LogP contribution is 2.43. The molecule has 0 aliphatic rings. The van der Waals surface area contributed by atoms with Crippen molar-refractivity contribution >= 4 is 11.8 Å². The van der Waals surface area contributed by atoms with Gasteiger partial charge in [0.05, 0.1) is 13.2 Å². The molecular weight excluding hydrogens is 664 g/mol. The third-order valence-corrected chi connectivity index (χ3v) is 7.70. The summed E-state index contributed by atoms with van der Waals surface area (Å²) in [7, 11) is 0. The van der Waals surface area contributed by atoms with Crippen LogP contribution in [0.1, 0.15) is 75.5 Å². The molecule has 1 atom stereocenters. The van der Waals surface area contributed by atoms with Gasteiger partial charge in [-0.1, -0.05) is 24.3 Å². The number of ketones is 1. The summed E-state index contributed by atoms with van der Waals surface area (Å²) in [6, 6.07) is 13.4. The van der Waals surface area contributed by atoms with Gasteiger partial charge in [-0.2, -0.15) is 17.6 Å². The van der Waals surface area contributed by atoms with Crippen LogP contribution < -0.4 is 9.47 Å². The molecule has 49 heavy (non-hydrogen) atoms. The summed E-state index contributed by atoms with van der Waals surface area (Å²) in [5.74, 6) is -6.48. The van der Waals surface area contributed by atoms with E-state index in [0.29, 0.717) is 56.8 Å². The number of alkyl halides is 6. The first-order chi connectivity index (χ1) is 23.0. The lowest BCUT2D eigenvalue weighted by molar-refractivity contribution is -0.253. The van der Waals surface area contributed by atoms with Crippen LogP contribution in [0.3, 0.4) is 0 Å². The van der Waals surface area contributed by atoms with Crippen LogP contribution in [0.2, 0.25) is 0 Å². The van der Waals surface area contributed by atoms with Gasteiger partial charge in [0.2, 0.25) is 5.92 Å². The fourth-order valence-corrected chi connectivity index (χ4v) is 5.31. The molecule has 0 aromatic heterocycles.